The molecule has 0 saturated carbocycles. The molecule has 1 atom stereocenters. The van der Waals surface area contributed by atoms with E-state index in [2.05, 4.69) is 60.3 Å². The molecule has 0 aliphatic heterocycles. The zero-order chi connectivity index (χ0) is 20.1. The lowest BCUT2D eigenvalue weighted by atomic mass is 9.86. The van der Waals surface area contributed by atoms with Crippen LogP contribution in [0.2, 0.25) is 0 Å². The second-order valence-corrected chi connectivity index (χ2v) is 8.40. The van der Waals surface area contributed by atoms with Crippen LogP contribution in [0.3, 0.4) is 0 Å². The minimum absolute atomic E-state index is 0.0906. The third kappa shape index (κ3) is 5.15. The van der Waals surface area contributed by atoms with Gasteiger partial charge in [0.05, 0.1) is 17.4 Å². The average molecular weight is 379 g/mol. The Labute approximate surface area is 167 Å². The quantitative estimate of drug-likeness (QED) is 0.623. The van der Waals surface area contributed by atoms with Gasteiger partial charge >= 0.3 is 0 Å². The molecule has 0 fully saturated rings. The van der Waals surface area contributed by atoms with E-state index in [9.17, 15) is 0 Å². The van der Waals surface area contributed by atoms with Gasteiger partial charge in [0, 0.05) is 36.9 Å². The highest BCUT2D eigenvalue weighted by atomic mass is 15.3. The second-order valence-electron chi connectivity index (χ2n) is 8.40. The number of pyridine rings is 1. The first-order valence-corrected chi connectivity index (χ1v) is 9.89. The normalized spacial score (nSPS) is 12.8. The number of aryl methyl sites for hydroxylation is 2. The fourth-order valence-electron chi connectivity index (χ4n) is 3.29. The highest BCUT2D eigenvalue weighted by Crippen LogP contribution is 2.31. The Kier molecular flexibility index (Phi) is 6.07. The van der Waals surface area contributed by atoms with Gasteiger partial charge in [-0.1, -0.05) is 33.8 Å². The molecule has 3 heterocycles. The molecule has 6 heteroatoms. The van der Waals surface area contributed by atoms with Gasteiger partial charge in [-0.25, -0.2) is 9.97 Å². The first-order chi connectivity index (χ1) is 13.4. The minimum Gasteiger partial charge on any atom is -0.347 e. The van der Waals surface area contributed by atoms with Crippen LogP contribution in [0, 0.1) is 12.3 Å². The summed E-state index contributed by atoms with van der Waals surface area (Å²) in [5.41, 5.74) is 4.21. The fraction of sp³-hybridized carbons (Fsp3) is 0.455. The van der Waals surface area contributed by atoms with Crippen molar-refractivity contribution in [2.24, 2.45) is 5.41 Å². The molecule has 28 heavy (non-hydrogen) atoms. The first kappa shape index (κ1) is 20.0. The third-order valence-corrected chi connectivity index (χ3v) is 4.54. The number of hydrogen-bond donors (Lipinski definition) is 1. The van der Waals surface area contributed by atoms with Crippen molar-refractivity contribution in [1.82, 2.24) is 24.7 Å². The molecule has 1 N–H and O–H groups in total. The van der Waals surface area contributed by atoms with Gasteiger partial charge in [-0.15, -0.1) is 0 Å². The zero-order valence-electron chi connectivity index (χ0n) is 17.5. The zero-order valence-corrected chi connectivity index (χ0v) is 17.5. The Bertz CT molecular complexity index is 895. The van der Waals surface area contributed by atoms with Crippen LogP contribution in [0.5, 0.6) is 0 Å². The molecule has 0 bridgehead atoms. The van der Waals surface area contributed by atoms with Crippen molar-refractivity contribution in [3.8, 4) is 11.3 Å². The third-order valence-electron chi connectivity index (χ3n) is 4.54. The molecule has 3 aromatic rings. The smallest absolute Gasteiger partial charge is 0.223 e. The van der Waals surface area contributed by atoms with E-state index < -0.39 is 0 Å². The molecule has 0 amide bonds. The molecular formula is C22H30N6. The maximum Gasteiger partial charge on any atom is 0.223 e. The summed E-state index contributed by atoms with van der Waals surface area (Å²) in [6.07, 6.45) is 9.57. The van der Waals surface area contributed by atoms with E-state index in [1.807, 2.05) is 29.9 Å². The number of nitrogens with zero attached hydrogens (tertiary/aromatic N) is 5. The van der Waals surface area contributed by atoms with Gasteiger partial charge in [-0.3, -0.25) is 9.67 Å². The SMILES string of the molecule is CCCn1cc(-c2ccnc(NC(CC(C)(C)C)c3cccnc3)n2)c(C)n1. The molecule has 3 rings (SSSR count). The van der Waals surface area contributed by atoms with E-state index in [-0.39, 0.29) is 11.5 Å². The van der Waals surface area contributed by atoms with E-state index in [4.69, 9.17) is 4.98 Å². The number of aromatic nitrogens is 5. The minimum atomic E-state index is 0.0906. The van der Waals surface area contributed by atoms with Crippen molar-refractivity contribution in [3.05, 3.63) is 54.2 Å². The summed E-state index contributed by atoms with van der Waals surface area (Å²) in [5, 5.41) is 8.11. The van der Waals surface area contributed by atoms with Gasteiger partial charge in [-0.2, -0.15) is 5.10 Å². The average Bonchev–Trinajstić information content (AvgIpc) is 3.02. The summed E-state index contributed by atoms with van der Waals surface area (Å²) < 4.78 is 1.98. The van der Waals surface area contributed by atoms with Crippen molar-refractivity contribution in [2.45, 2.75) is 60.0 Å². The van der Waals surface area contributed by atoms with Crippen LogP contribution in [-0.4, -0.2) is 24.7 Å². The molecule has 0 aromatic carbocycles. The molecule has 0 saturated heterocycles. The van der Waals surface area contributed by atoms with E-state index in [0.717, 1.165) is 41.9 Å². The summed E-state index contributed by atoms with van der Waals surface area (Å²) >= 11 is 0. The van der Waals surface area contributed by atoms with Gasteiger partial charge < -0.3 is 5.32 Å². The lowest BCUT2D eigenvalue weighted by Crippen LogP contribution is -2.20. The van der Waals surface area contributed by atoms with E-state index in [0.29, 0.717) is 5.95 Å². The van der Waals surface area contributed by atoms with Gasteiger partial charge in [0.25, 0.3) is 0 Å². The predicted molar refractivity (Wildman–Crippen MR) is 113 cm³/mol. The molecule has 6 nitrogen and oxygen atoms in total. The summed E-state index contributed by atoms with van der Waals surface area (Å²) in [4.78, 5) is 13.5. The van der Waals surface area contributed by atoms with Gasteiger partial charge in [-0.05, 0) is 42.9 Å². The van der Waals surface area contributed by atoms with E-state index >= 15 is 0 Å². The molecule has 148 valence electrons. The Hall–Kier alpha value is -2.76. The summed E-state index contributed by atoms with van der Waals surface area (Å²) in [7, 11) is 0. The molecule has 0 aliphatic rings. The first-order valence-electron chi connectivity index (χ1n) is 9.89. The molecule has 1 unspecified atom stereocenters. The largest absolute Gasteiger partial charge is 0.347 e. The highest BCUT2D eigenvalue weighted by Gasteiger charge is 2.21. The maximum absolute atomic E-state index is 4.78. The van der Waals surface area contributed by atoms with E-state index in [1.165, 1.54) is 0 Å². The van der Waals surface area contributed by atoms with Crippen LogP contribution in [0.15, 0.2) is 43.0 Å². The van der Waals surface area contributed by atoms with Gasteiger partial charge in [0.1, 0.15) is 0 Å². The van der Waals surface area contributed by atoms with Crippen molar-refractivity contribution >= 4 is 5.95 Å². The van der Waals surface area contributed by atoms with Crippen LogP contribution < -0.4 is 5.32 Å². The molecule has 0 radical (unpaired) electrons. The molecular weight excluding hydrogens is 348 g/mol. The molecule has 0 aliphatic carbocycles. The Morgan fingerprint density at radius 2 is 2.00 bits per heavy atom. The summed E-state index contributed by atoms with van der Waals surface area (Å²) in [5.74, 6) is 0.623. The van der Waals surface area contributed by atoms with Gasteiger partial charge in [0.15, 0.2) is 0 Å². The van der Waals surface area contributed by atoms with Crippen LogP contribution in [-0.2, 0) is 6.54 Å². The molecule has 0 spiro atoms. The van der Waals surface area contributed by atoms with Crippen LogP contribution in [0.25, 0.3) is 11.3 Å². The number of rotatable bonds is 7. The van der Waals surface area contributed by atoms with Crippen molar-refractivity contribution < 1.29 is 0 Å². The van der Waals surface area contributed by atoms with Crippen molar-refractivity contribution in [1.29, 1.82) is 0 Å². The maximum atomic E-state index is 4.78. The number of hydrogen-bond acceptors (Lipinski definition) is 5. The summed E-state index contributed by atoms with van der Waals surface area (Å²) in [6.45, 7) is 11.8. The standard InChI is InChI=1S/C22H30N6/c1-6-12-28-15-18(16(2)27-28)19-9-11-24-21(25-19)26-20(13-22(3,4)5)17-8-7-10-23-14-17/h7-11,14-15,20H,6,12-13H2,1-5H3,(H,24,25,26). The highest BCUT2D eigenvalue weighted by molar-refractivity contribution is 5.61. The molecule has 3 aromatic heterocycles. The van der Waals surface area contributed by atoms with Crippen LogP contribution in [0.4, 0.5) is 5.95 Å². The topological polar surface area (TPSA) is 68.5 Å². The van der Waals surface area contributed by atoms with E-state index in [1.54, 1.807) is 12.4 Å². The van der Waals surface area contributed by atoms with Crippen molar-refractivity contribution in [3.63, 3.8) is 0 Å². The van der Waals surface area contributed by atoms with Crippen LogP contribution >= 0.6 is 0 Å². The number of anilines is 1. The van der Waals surface area contributed by atoms with Gasteiger partial charge in [0.2, 0.25) is 5.95 Å². The Balaban J connectivity index is 1.87. The van der Waals surface area contributed by atoms with Crippen LogP contribution in [0.1, 0.15) is 57.8 Å². The monoisotopic (exact) mass is 378 g/mol. The second kappa shape index (κ2) is 8.50. The Morgan fingerprint density at radius 3 is 2.68 bits per heavy atom. The number of nitrogens with one attached hydrogen (secondary N) is 1. The fourth-order valence-corrected chi connectivity index (χ4v) is 3.29. The lowest BCUT2D eigenvalue weighted by Gasteiger charge is -2.27. The lowest BCUT2D eigenvalue weighted by molar-refractivity contribution is 0.351. The van der Waals surface area contributed by atoms with Crippen molar-refractivity contribution in [2.75, 3.05) is 5.32 Å². The predicted octanol–water partition coefficient (Wildman–Crippen LogP) is 5.04. The summed E-state index contributed by atoms with van der Waals surface area (Å²) in [6, 6.07) is 6.09. The Morgan fingerprint density at radius 1 is 1.18 bits per heavy atom.